The van der Waals surface area contributed by atoms with Crippen LogP contribution in [0.2, 0.25) is 0 Å². The van der Waals surface area contributed by atoms with Gasteiger partial charge < -0.3 is 4.40 Å². The average Bonchev–Trinajstić information content (AvgIpc) is 2.47. The van der Waals surface area contributed by atoms with Crippen molar-refractivity contribution in [2.24, 2.45) is 0 Å². The lowest BCUT2D eigenvalue weighted by molar-refractivity contribution is 0.618. The highest BCUT2D eigenvalue weighted by Crippen LogP contribution is 2.19. The molecule has 5 heteroatoms. The monoisotopic (exact) mass is 262 g/mol. The molecule has 2 aromatic rings. The molecule has 0 amide bonds. The quantitative estimate of drug-likeness (QED) is 0.723. The smallest absolute Gasteiger partial charge is 0.151 e. The molecule has 0 aliphatic rings. The average molecular weight is 263 g/mol. The Kier molecular flexibility index (Phi) is 2.26. The van der Waals surface area contributed by atoms with Crippen molar-refractivity contribution in [3.8, 4) is 0 Å². The van der Waals surface area contributed by atoms with Gasteiger partial charge in [-0.1, -0.05) is 0 Å². The first-order chi connectivity index (χ1) is 6.20. The fourth-order valence-electron chi connectivity index (χ4n) is 1.14. The van der Waals surface area contributed by atoms with E-state index < -0.39 is 0 Å². The summed E-state index contributed by atoms with van der Waals surface area (Å²) in [5, 5.41) is 0. The van der Waals surface area contributed by atoms with Crippen molar-refractivity contribution in [3.05, 3.63) is 34.4 Å². The maximum absolute atomic E-state index is 12.9. The minimum Gasteiger partial charge on any atom is -0.303 e. The third-order valence-corrected chi connectivity index (χ3v) is 2.52. The zero-order valence-electron chi connectivity index (χ0n) is 6.47. The van der Waals surface area contributed by atoms with Crippen molar-refractivity contribution in [2.75, 3.05) is 0 Å². The Bertz CT molecular complexity index is 455. The molecule has 2 heterocycles. The summed E-state index contributed by atoms with van der Waals surface area (Å²) >= 11 is 8.83. The molecule has 0 saturated heterocycles. The Morgan fingerprint density at radius 2 is 2.31 bits per heavy atom. The summed E-state index contributed by atoms with van der Waals surface area (Å²) in [5.74, 6) is 0.0216. The van der Waals surface area contributed by atoms with Crippen LogP contribution >= 0.6 is 27.5 Å². The van der Waals surface area contributed by atoms with Crippen LogP contribution in [-0.2, 0) is 5.88 Å². The van der Waals surface area contributed by atoms with E-state index in [-0.39, 0.29) is 5.82 Å². The molecule has 0 bridgehead atoms. The van der Waals surface area contributed by atoms with Gasteiger partial charge in [0.05, 0.1) is 16.0 Å². The highest BCUT2D eigenvalue weighted by molar-refractivity contribution is 9.10. The lowest BCUT2D eigenvalue weighted by Gasteiger charge is -1.95. The van der Waals surface area contributed by atoms with Gasteiger partial charge in [0.2, 0.25) is 0 Å². The molecule has 0 fully saturated rings. The molecule has 2 nitrogen and oxygen atoms in total. The van der Waals surface area contributed by atoms with Crippen LogP contribution in [0.1, 0.15) is 5.69 Å². The fourth-order valence-corrected chi connectivity index (χ4v) is 1.78. The van der Waals surface area contributed by atoms with E-state index in [1.165, 1.54) is 12.3 Å². The van der Waals surface area contributed by atoms with Crippen LogP contribution in [0.15, 0.2) is 22.9 Å². The summed E-state index contributed by atoms with van der Waals surface area (Å²) in [4.78, 5) is 4.19. The number of nitrogens with zero attached hydrogens (tertiary/aromatic N) is 2. The molecular weight excluding hydrogens is 258 g/mol. The normalized spacial score (nSPS) is 11.0. The number of alkyl halides is 1. The predicted molar refractivity (Wildman–Crippen MR) is 52.4 cm³/mol. The number of pyridine rings is 1. The summed E-state index contributed by atoms with van der Waals surface area (Å²) in [6.07, 6.45) is 3.07. The van der Waals surface area contributed by atoms with Crippen molar-refractivity contribution >= 4 is 33.2 Å². The van der Waals surface area contributed by atoms with Gasteiger partial charge in [-0.2, -0.15) is 0 Å². The first-order valence-corrected chi connectivity index (χ1v) is 4.92. The second-order valence-corrected chi connectivity index (χ2v) is 3.72. The summed E-state index contributed by atoms with van der Waals surface area (Å²) in [7, 11) is 0. The Hall–Kier alpha value is -0.610. The standard InChI is InChI=1S/C8H5BrClFN2/c9-7-1-5(11)3-13-4-6(2-10)12-8(7)13/h1,3-4H,2H2. The molecule has 2 rings (SSSR count). The van der Waals surface area contributed by atoms with Crippen LogP contribution in [0.5, 0.6) is 0 Å². The Balaban J connectivity index is 2.75. The van der Waals surface area contributed by atoms with Crippen molar-refractivity contribution in [3.63, 3.8) is 0 Å². The van der Waals surface area contributed by atoms with Gasteiger partial charge in [0.25, 0.3) is 0 Å². The molecular formula is C8H5BrClFN2. The summed E-state index contributed by atoms with van der Waals surface area (Å²) < 4.78 is 15.1. The van der Waals surface area contributed by atoms with Crippen molar-refractivity contribution in [2.45, 2.75) is 5.88 Å². The molecule has 13 heavy (non-hydrogen) atoms. The van der Waals surface area contributed by atoms with E-state index in [1.807, 2.05) is 0 Å². The molecule has 0 aliphatic carbocycles. The highest BCUT2D eigenvalue weighted by atomic mass is 79.9. The Morgan fingerprint density at radius 3 is 3.00 bits per heavy atom. The van der Waals surface area contributed by atoms with E-state index in [2.05, 4.69) is 20.9 Å². The number of fused-ring (bicyclic) bond motifs is 1. The fraction of sp³-hybridized carbons (Fsp3) is 0.125. The molecule has 0 atom stereocenters. The van der Waals surface area contributed by atoms with E-state index >= 15 is 0 Å². The summed E-state index contributed by atoms with van der Waals surface area (Å²) in [6.45, 7) is 0. The van der Waals surface area contributed by atoms with Crippen LogP contribution in [0.3, 0.4) is 0 Å². The number of hydrogen-bond donors (Lipinski definition) is 0. The maximum Gasteiger partial charge on any atom is 0.151 e. The van der Waals surface area contributed by atoms with E-state index in [9.17, 15) is 4.39 Å². The van der Waals surface area contributed by atoms with Crippen LogP contribution in [-0.4, -0.2) is 9.38 Å². The van der Waals surface area contributed by atoms with Crippen LogP contribution in [0.4, 0.5) is 4.39 Å². The Labute approximate surface area is 87.5 Å². The minimum atomic E-state index is -0.308. The van der Waals surface area contributed by atoms with Gasteiger partial charge in [-0.15, -0.1) is 11.6 Å². The highest BCUT2D eigenvalue weighted by Gasteiger charge is 2.05. The minimum absolute atomic E-state index is 0.308. The van der Waals surface area contributed by atoms with Gasteiger partial charge in [0.1, 0.15) is 5.82 Å². The SMILES string of the molecule is Fc1cc(Br)c2nc(CCl)cn2c1. The molecule has 0 radical (unpaired) electrons. The van der Waals surface area contributed by atoms with Gasteiger partial charge in [-0.25, -0.2) is 9.37 Å². The van der Waals surface area contributed by atoms with Crippen molar-refractivity contribution < 1.29 is 4.39 Å². The van der Waals surface area contributed by atoms with E-state index in [4.69, 9.17) is 11.6 Å². The molecule has 68 valence electrons. The van der Waals surface area contributed by atoms with E-state index in [1.54, 1.807) is 10.6 Å². The van der Waals surface area contributed by atoms with Crippen molar-refractivity contribution in [1.82, 2.24) is 9.38 Å². The second kappa shape index (κ2) is 3.27. The Morgan fingerprint density at radius 1 is 1.54 bits per heavy atom. The van der Waals surface area contributed by atoms with Gasteiger partial charge in [-0.3, -0.25) is 0 Å². The second-order valence-electron chi connectivity index (χ2n) is 2.60. The molecule has 0 saturated carbocycles. The topological polar surface area (TPSA) is 17.3 Å². The van der Waals surface area contributed by atoms with E-state index in [0.717, 1.165) is 5.69 Å². The van der Waals surface area contributed by atoms with E-state index in [0.29, 0.717) is 16.0 Å². The first-order valence-electron chi connectivity index (χ1n) is 3.59. The molecule has 0 aromatic carbocycles. The lowest BCUT2D eigenvalue weighted by Crippen LogP contribution is -1.86. The van der Waals surface area contributed by atoms with Gasteiger partial charge in [0.15, 0.2) is 5.65 Å². The molecule has 0 spiro atoms. The predicted octanol–water partition coefficient (Wildman–Crippen LogP) is 2.97. The van der Waals surface area contributed by atoms with Crippen molar-refractivity contribution in [1.29, 1.82) is 0 Å². The lowest BCUT2D eigenvalue weighted by atomic mass is 10.4. The largest absolute Gasteiger partial charge is 0.303 e. The molecule has 0 N–H and O–H groups in total. The molecule has 0 unspecified atom stereocenters. The number of rotatable bonds is 1. The summed E-state index contributed by atoms with van der Waals surface area (Å²) in [5.41, 5.74) is 1.41. The number of hydrogen-bond acceptors (Lipinski definition) is 1. The number of aromatic nitrogens is 2. The maximum atomic E-state index is 12.9. The third kappa shape index (κ3) is 1.56. The van der Waals surface area contributed by atoms with Crippen LogP contribution < -0.4 is 0 Å². The molecule has 0 aliphatic heterocycles. The summed E-state index contributed by atoms with van der Waals surface area (Å²) in [6, 6.07) is 1.38. The number of imidazole rings is 1. The van der Waals surface area contributed by atoms with Gasteiger partial charge in [-0.05, 0) is 22.0 Å². The molecule has 2 aromatic heterocycles. The zero-order chi connectivity index (χ0) is 9.42. The third-order valence-electron chi connectivity index (χ3n) is 1.66. The van der Waals surface area contributed by atoms with Gasteiger partial charge in [0, 0.05) is 12.4 Å². The zero-order valence-corrected chi connectivity index (χ0v) is 8.81. The van der Waals surface area contributed by atoms with Crippen LogP contribution in [0.25, 0.3) is 5.65 Å². The van der Waals surface area contributed by atoms with Crippen LogP contribution in [0, 0.1) is 5.82 Å². The first kappa shape index (κ1) is 8.97. The van der Waals surface area contributed by atoms with Gasteiger partial charge >= 0.3 is 0 Å². The number of halogens is 3.